The summed E-state index contributed by atoms with van der Waals surface area (Å²) in [4.78, 5) is 26.3. The van der Waals surface area contributed by atoms with E-state index in [1.807, 2.05) is 42.6 Å². The predicted octanol–water partition coefficient (Wildman–Crippen LogP) is 5.80. The Balaban J connectivity index is 0.000000505. The molecule has 3 aromatic carbocycles. The van der Waals surface area contributed by atoms with Gasteiger partial charge in [0.15, 0.2) is 5.13 Å². The van der Waals surface area contributed by atoms with Crippen molar-refractivity contribution in [2.45, 2.75) is 18.0 Å². The number of aromatic nitrogens is 1. The second-order valence-corrected chi connectivity index (χ2v) is 10.2. The Hall–Kier alpha value is -4.23. The smallest absolute Gasteiger partial charge is 0.475 e. The van der Waals surface area contributed by atoms with Crippen LogP contribution in [0.25, 0.3) is 11.3 Å². The molecule has 0 spiro atoms. The summed E-state index contributed by atoms with van der Waals surface area (Å²) in [5.41, 5.74) is 3.06. The number of hydrogen-bond acceptors (Lipinski definition) is 6. The van der Waals surface area contributed by atoms with Gasteiger partial charge in [-0.3, -0.25) is 14.8 Å². The molecule has 0 aliphatic carbocycles. The highest BCUT2D eigenvalue weighted by Gasteiger charge is 2.38. The number of halogens is 3. The Labute approximate surface area is 219 Å². The van der Waals surface area contributed by atoms with E-state index in [1.165, 1.54) is 23.5 Å². The quantitative estimate of drug-likeness (QED) is 0.272. The fourth-order valence-electron chi connectivity index (χ4n) is 2.93. The minimum Gasteiger partial charge on any atom is -0.475 e. The van der Waals surface area contributed by atoms with Gasteiger partial charge in [-0.15, -0.1) is 11.3 Å². The van der Waals surface area contributed by atoms with E-state index < -0.39 is 28.1 Å². The van der Waals surface area contributed by atoms with Crippen LogP contribution in [0, 0.1) is 6.92 Å². The average molecular weight is 564 g/mol. The van der Waals surface area contributed by atoms with E-state index >= 15 is 0 Å². The molecular weight excluding hydrogens is 543 g/mol. The highest BCUT2D eigenvalue weighted by Crippen LogP contribution is 2.26. The van der Waals surface area contributed by atoms with Crippen LogP contribution in [0.2, 0.25) is 0 Å². The lowest BCUT2D eigenvalue weighted by Gasteiger charge is -2.12. The maximum atomic E-state index is 12.9. The molecule has 0 bridgehead atoms. The van der Waals surface area contributed by atoms with E-state index in [9.17, 15) is 26.4 Å². The van der Waals surface area contributed by atoms with Crippen LogP contribution < -0.4 is 10.0 Å². The Bertz CT molecular complexity index is 1520. The van der Waals surface area contributed by atoms with Gasteiger partial charge < -0.3 is 5.11 Å². The number of benzene rings is 3. The van der Waals surface area contributed by atoms with Crippen LogP contribution in [-0.2, 0) is 14.8 Å². The van der Waals surface area contributed by atoms with Gasteiger partial charge >= 0.3 is 12.1 Å². The van der Waals surface area contributed by atoms with E-state index in [0.29, 0.717) is 5.13 Å². The van der Waals surface area contributed by atoms with E-state index in [-0.39, 0.29) is 16.1 Å². The van der Waals surface area contributed by atoms with Crippen molar-refractivity contribution in [2.24, 2.45) is 0 Å². The number of sulfonamides is 1. The summed E-state index contributed by atoms with van der Waals surface area (Å²) in [6.45, 7) is 1.88. The molecule has 0 unspecified atom stereocenters. The molecule has 0 aliphatic heterocycles. The summed E-state index contributed by atoms with van der Waals surface area (Å²) >= 11 is 1.30. The van der Waals surface area contributed by atoms with Crippen LogP contribution in [0.15, 0.2) is 89.1 Å². The van der Waals surface area contributed by atoms with E-state index in [0.717, 1.165) is 16.8 Å². The first-order valence-electron chi connectivity index (χ1n) is 10.7. The second-order valence-electron chi connectivity index (χ2n) is 7.63. The van der Waals surface area contributed by atoms with Crippen LogP contribution in [0.4, 0.5) is 24.0 Å². The van der Waals surface area contributed by atoms with Gasteiger partial charge in [0.2, 0.25) is 0 Å². The molecule has 0 saturated heterocycles. The molecule has 3 N–H and O–H groups in total. The molecule has 13 heteroatoms. The molecule has 0 saturated carbocycles. The molecule has 0 fully saturated rings. The molecule has 1 aromatic heterocycles. The largest absolute Gasteiger partial charge is 0.490 e. The van der Waals surface area contributed by atoms with Crippen LogP contribution in [0.1, 0.15) is 15.9 Å². The highest BCUT2D eigenvalue weighted by atomic mass is 32.2. The highest BCUT2D eigenvalue weighted by molar-refractivity contribution is 7.92. The van der Waals surface area contributed by atoms with Crippen LogP contribution >= 0.6 is 11.3 Å². The van der Waals surface area contributed by atoms with Crippen molar-refractivity contribution < 1.29 is 36.3 Å². The maximum Gasteiger partial charge on any atom is 0.490 e. The Morgan fingerprint density at radius 1 is 0.921 bits per heavy atom. The number of aliphatic carboxylic acids is 1. The number of hydrogen-bond donors (Lipinski definition) is 3. The van der Waals surface area contributed by atoms with Gasteiger partial charge in [0.25, 0.3) is 15.9 Å². The zero-order valence-electron chi connectivity index (χ0n) is 19.6. The average Bonchev–Trinajstić information content (AvgIpc) is 3.33. The van der Waals surface area contributed by atoms with Crippen LogP contribution in [-0.4, -0.2) is 36.6 Å². The summed E-state index contributed by atoms with van der Waals surface area (Å²) in [6.07, 6.45) is -5.08. The third kappa shape index (κ3) is 7.63. The van der Waals surface area contributed by atoms with Crippen molar-refractivity contribution in [1.82, 2.24) is 4.98 Å². The molecule has 198 valence electrons. The Morgan fingerprint density at radius 2 is 1.50 bits per heavy atom. The first kappa shape index (κ1) is 28.3. The summed E-state index contributed by atoms with van der Waals surface area (Å²) in [7, 11) is -3.83. The van der Waals surface area contributed by atoms with Gasteiger partial charge in [0.1, 0.15) is 0 Å². The molecule has 0 aliphatic rings. The summed E-state index contributed by atoms with van der Waals surface area (Å²) in [6, 6.07) is 22.6. The number of thiazole rings is 1. The first-order chi connectivity index (χ1) is 17.9. The number of carboxylic acids is 1. The number of carbonyl (C=O) groups is 2. The predicted molar refractivity (Wildman–Crippen MR) is 138 cm³/mol. The lowest BCUT2D eigenvalue weighted by Crippen LogP contribution is -2.21. The van der Waals surface area contributed by atoms with Gasteiger partial charge in [0, 0.05) is 10.9 Å². The SMILES string of the molecule is Cc1ccc(S(=O)(=O)Nc2ccccc2C(=O)Nc2nc(-c3ccccc3)cs2)cc1.O=C(O)C(F)(F)F. The minimum absolute atomic E-state index is 0.126. The van der Waals surface area contributed by atoms with Crippen molar-refractivity contribution in [1.29, 1.82) is 0 Å². The minimum atomic E-state index is -5.08. The lowest BCUT2D eigenvalue weighted by molar-refractivity contribution is -0.192. The second kappa shape index (κ2) is 11.9. The van der Waals surface area contributed by atoms with Crippen molar-refractivity contribution in [2.75, 3.05) is 10.0 Å². The number of nitrogens with zero attached hydrogens (tertiary/aromatic N) is 1. The third-order valence-electron chi connectivity index (χ3n) is 4.78. The third-order valence-corrected chi connectivity index (χ3v) is 6.92. The van der Waals surface area contributed by atoms with Crippen molar-refractivity contribution >= 4 is 44.1 Å². The Kier molecular flexibility index (Phi) is 8.86. The van der Waals surface area contributed by atoms with Crippen molar-refractivity contribution in [3.05, 3.63) is 95.4 Å². The summed E-state index contributed by atoms with van der Waals surface area (Å²) in [5, 5.41) is 12.2. The number of carboxylic acid groups (broad SMARTS) is 1. The molecular formula is C25H20F3N3O5S2. The fourth-order valence-corrected chi connectivity index (χ4v) is 4.72. The molecule has 4 aromatic rings. The monoisotopic (exact) mass is 563 g/mol. The number of aryl methyl sites for hydroxylation is 1. The first-order valence-corrected chi connectivity index (χ1v) is 13.0. The molecule has 1 amide bonds. The number of amides is 1. The van der Waals surface area contributed by atoms with Gasteiger partial charge in [-0.1, -0.05) is 60.2 Å². The van der Waals surface area contributed by atoms with Crippen molar-refractivity contribution in [3.63, 3.8) is 0 Å². The number of rotatable bonds is 6. The van der Waals surface area contributed by atoms with Gasteiger partial charge in [-0.05, 0) is 31.2 Å². The van der Waals surface area contributed by atoms with E-state index in [2.05, 4.69) is 15.0 Å². The molecule has 1 heterocycles. The normalized spacial score (nSPS) is 11.2. The fraction of sp³-hybridized carbons (Fsp3) is 0.0800. The van der Waals surface area contributed by atoms with Crippen molar-refractivity contribution in [3.8, 4) is 11.3 Å². The lowest BCUT2D eigenvalue weighted by atomic mass is 10.2. The molecule has 38 heavy (non-hydrogen) atoms. The Morgan fingerprint density at radius 3 is 2.11 bits per heavy atom. The zero-order valence-corrected chi connectivity index (χ0v) is 21.2. The van der Waals surface area contributed by atoms with Gasteiger partial charge in [-0.2, -0.15) is 13.2 Å². The van der Waals surface area contributed by atoms with Gasteiger partial charge in [0.05, 0.1) is 21.8 Å². The summed E-state index contributed by atoms with van der Waals surface area (Å²) in [5.74, 6) is -3.20. The number of para-hydroxylation sites is 1. The van der Waals surface area contributed by atoms with Gasteiger partial charge in [-0.25, -0.2) is 18.2 Å². The van der Waals surface area contributed by atoms with E-state index in [1.54, 1.807) is 36.4 Å². The maximum absolute atomic E-state index is 12.9. The molecule has 0 radical (unpaired) electrons. The number of carbonyl (C=O) groups excluding carboxylic acids is 1. The molecule has 4 rings (SSSR count). The summed E-state index contributed by atoms with van der Waals surface area (Å²) < 4.78 is 59.8. The standard InChI is InChI=1S/C23H19N3O3S2.C2HF3O2/c1-16-11-13-18(14-12-16)31(28,29)26-20-10-6-5-9-19(20)22(27)25-23-24-21(15-30-23)17-7-3-2-4-8-17;3-2(4,5)1(6)7/h2-15,26H,1H3,(H,24,25,27);(H,6,7). The molecule has 8 nitrogen and oxygen atoms in total. The zero-order chi connectivity index (χ0) is 27.9. The number of alkyl halides is 3. The van der Waals surface area contributed by atoms with E-state index in [4.69, 9.17) is 9.90 Å². The number of anilines is 2. The number of nitrogens with one attached hydrogen (secondary N) is 2. The topological polar surface area (TPSA) is 125 Å². The van der Waals surface area contributed by atoms with Crippen LogP contribution in [0.5, 0.6) is 0 Å². The molecule has 0 atom stereocenters. The van der Waals surface area contributed by atoms with Crippen LogP contribution in [0.3, 0.4) is 0 Å².